The van der Waals surface area contributed by atoms with Crippen molar-refractivity contribution in [2.45, 2.75) is 32.4 Å². The second-order valence-electron chi connectivity index (χ2n) is 6.76. The molecule has 3 heterocycles. The molecule has 2 aromatic rings. The lowest BCUT2D eigenvalue weighted by molar-refractivity contribution is 0.199. The Bertz CT molecular complexity index is 669. The molecule has 6 heteroatoms. The first-order valence-corrected chi connectivity index (χ1v) is 9.35. The highest BCUT2D eigenvalue weighted by Crippen LogP contribution is 2.23. The summed E-state index contributed by atoms with van der Waals surface area (Å²) in [6.07, 6.45) is 4.28. The number of likely N-dealkylation sites (N-methyl/N-ethyl adjacent to an activating group) is 1. The van der Waals surface area contributed by atoms with Gasteiger partial charge in [-0.15, -0.1) is 11.3 Å². The maximum absolute atomic E-state index is 4.68. The fraction of sp³-hybridized carbons (Fsp3) is 0.556. The van der Waals surface area contributed by atoms with Crippen molar-refractivity contribution in [1.29, 1.82) is 0 Å². The SMILES string of the molecule is Cc1ccc(CN2CCCC(N(C)c3nccc(N(C)C)n3)C2)s1. The number of nitrogens with zero attached hydrogens (tertiary/aromatic N) is 5. The molecule has 1 aliphatic rings. The van der Waals surface area contributed by atoms with E-state index >= 15 is 0 Å². The van der Waals surface area contributed by atoms with E-state index in [1.165, 1.54) is 29.1 Å². The van der Waals surface area contributed by atoms with Gasteiger partial charge < -0.3 is 9.80 Å². The Hall–Kier alpha value is -1.66. The molecule has 24 heavy (non-hydrogen) atoms. The van der Waals surface area contributed by atoms with E-state index in [1.807, 2.05) is 42.6 Å². The van der Waals surface area contributed by atoms with Crippen LogP contribution < -0.4 is 9.80 Å². The molecular formula is C18H27N5S. The molecule has 0 spiro atoms. The van der Waals surface area contributed by atoms with Crippen LogP contribution in [0.25, 0.3) is 0 Å². The van der Waals surface area contributed by atoms with Crippen LogP contribution in [0.5, 0.6) is 0 Å². The first-order valence-electron chi connectivity index (χ1n) is 8.54. The summed E-state index contributed by atoms with van der Waals surface area (Å²) in [5.41, 5.74) is 0. The molecule has 0 amide bonds. The van der Waals surface area contributed by atoms with E-state index in [-0.39, 0.29) is 0 Å². The molecule has 2 aromatic heterocycles. The second kappa shape index (κ2) is 7.49. The minimum atomic E-state index is 0.470. The number of hydrogen-bond acceptors (Lipinski definition) is 6. The molecule has 0 bridgehead atoms. The van der Waals surface area contributed by atoms with Gasteiger partial charge in [0.1, 0.15) is 5.82 Å². The maximum atomic E-state index is 4.68. The molecule has 1 atom stereocenters. The van der Waals surface area contributed by atoms with Crippen LogP contribution in [0.1, 0.15) is 22.6 Å². The van der Waals surface area contributed by atoms with Gasteiger partial charge >= 0.3 is 0 Å². The molecule has 3 rings (SSSR count). The largest absolute Gasteiger partial charge is 0.363 e. The minimum absolute atomic E-state index is 0.470. The third kappa shape index (κ3) is 4.05. The zero-order valence-corrected chi connectivity index (χ0v) is 15.9. The summed E-state index contributed by atoms with van der Waals surface area (Å²) in [6.45, 7) is 5.49. The van der Waals surface area contributed by atoms with E-state index in [1.54, 1.807) is 0 Å². The van der Waals surface area contributed by atoms with Crippen molar-refractivity contribution in [3.8, 4) is 0 Å². The van der Waals surface area contributed by atoms with Crippen LogP contribution in [-0.4, -0.2) is 55.1 Å². The number of likely N-dealkylation sites (tertiary alicyclic amines) is 1. The predicted molar refractivity (Wildman–Crippen MR) is 102 cm³/mol. The Morgan fingerprint density at radius 1 is 1.25 bits per heavy atom. The van der Waals surface area contributed by atoms with Crippen LogP contribution >= 0.6 is 11.3 Å². The lowest BCUT2D eigenvalue weighted by Crippen LogP contribution is -2.46. The van der Waals surface area contributed by atoms with Crippen LogP contribution in [0.3, 0.4) is 0 Å². The number of aromatic nitrogens is 2. The van der Waals surface area contributed by atoms with Crippen LogP contribution in [0.2, 0.25) is 0 Å². The molecule has 1 fully saturated rings. The van der Waals surface area contributed by atoms with Crippen molar-refractivity contribution < 1.29 is 0 Å². The van der Waals surface area contributed by atoms with Crippen molar-refractivity contribution in [2.75, 3.05) is 44.0 Å². The van der Waals surface area contributed by atoms with Gasteiger partial charge in [-0.05, 0) is 44.5 Å². The minimum Gasteiger partial charge on any atom is -0.363 e. The summed E-state index contributed by atoms with van der Waals surface area (Å²) < 4.78 is 0. The van der Waals surface area contributed by atoms with E-state index in [9.17, 15) is 0 Å². The third-order valence-electron chi connectivity index (χ3n) is 4.61. The topological polar surface area (TPSA) is 35.5 Å². The van der Waals surface area contributed by atoms with Crippen molar-refractivity contribution in [3.63, 3.8) is 0 Å². The third-order valence-corrected chi connectivity index (χ3v) is 5.59. The average molecular weight is 346 g/mol. The van der Waals surface area contributed by atoms with Gasteiger partial charge in [-0.2, -0.15) is 4.98 Å². The molecule has 0 N–H and O–H groups in total. The number of hydrogen-bond donors (Lipinski definition) is 0. The highest BCUT2D eigenvalue weighted by Gasteiger charge is 2.25. The molecular weight excluding hydrogens is 318 g/mol. The quantitative estimate of drug-likeness (QED) is 0.832. The first kappa shape index (κ1) is 17.2. The zero-order valence-electron chi connectivity index (χ0n) is 15.1. The van der Waals surface area contributed by atoms with Crippen molar-refractivity contribution >= 4 is 23.1 Å². The summed E-state index contributed by atoms with van der Waals surface area (Å²) in [5.74, 6) is 1.77. The van der Waals surface area contributed by atoms with Crippen LogP contribution in [-0.2, 0) is 6.54 Å². The van der Waals surface area contributed by atoms with Crippen LogP contribution in [0, 0.1) is 6.92 Å². The average Bonchev–Trinajstić information content (AvgIpc) is 2.99. The molecule has 0 radical (unpaired) electrons. The number of rotatable bonds is 5. The Balaban J connectivity index is 1.66. The van der Waals surface area contributed by atoms with Crippen LogP contribution in [0.4, 0.5) is 11.8 Å². The fourth-order valence-corrected chi connectivity index (χ4v) is 4.14. The van der Waals surface area contributed by atoms with Crippen LogP contribution in [0.15, 0.2) is 24.4 Å². The van der Waals surface area contributed by atoms with Gasteiger partial charge in [0.2, 0.25) is 5.95 Å². The lowest BCUT2D eigenvalue weighted by atomic mass is 10.0. The molecule has 1 aliphatic heterocycles. The molecule has 5 nitrogen and oxygen atoms in total. The van der Waals surface area contributed by atoms with E-state index < -0.39 is 0 Å². The summed E-state index contributed by atoms with van der Waals surface area (Å²) in [6, 6.07) is 6.90. The van der Waals surface area contributed by atoms with Gasteiger partial charge in [0.05, 0.1) is 0 Å². The van der Waals surface area contributed by atoms with E-state index in [0.29, 0.717) is 6.04 Å². The molecule has 0 saturated carbocycles. The standard InChI is InChI=1S/C18H27N5S/c1-14-7-8-16(24-14)13-23-11-5-6-15(12-23)22(4)18-19-10-9-17(20-18)21(2)3/h7-10,15H,5-6,11-13H2,1-4H3. The highest BCUT2D eigenvalue weighted by molar-refractivity contribution is 7.11. The summed E-state index contributed by atoms with van der Waals surface area (Å²) in [5, 5.41) is 0. The van der Waals surface area contributed by atoms with E-state index in [2.05, 4.69) is 45.9 Å². The zero-order chi connectivity index (χ0) is 17.1. The number of aryl methyl sites for hydroxylation is 1. The predicted octanol–water partition coefficient (Wildman–Crippen LogP) is 3.01. The van der Waals surface area contributed by atoms with Gasteiger partial charge in [-0.25, -0.2) is 4.98 Å². The van der Waals surface area contributed by atoms with E-state index in [0.717, 1.165) is 24.9 Å². The van der Waals surface area contributed by atoms with Gasteiger partial charge in [0, 0.05) is 56.2 Å². The Labute approximate surface area is 148 Å². The summed E-state index contributed by atoms with van der Waals surface area (Å²) in [4.78, 5) is 18.8. The summed E-state index contributed by atoms with van der Waals surface area (Å²) >= 11 is 1.91. The number of piperidine rings is 1. The fourth-order valence-electron chi connectivity index (χ4n) is 3.20. The Morgan fingerprint density at radius 2 is 2.08 bits per heavy atom. The number of anilines is 2. The molecule has 0 aliphatic carbocycles. The Morgan fingerprint density at radius 3 is 2.79 bits per heavy atom. The van der Waals surface area contributed by atoms with Crippen molar-refractivity contribution in [3.05, 3.63) is 34.2 Å². The smallest absolute Gasteiger partial charge is 0.227 e. The summed E-state index contributed by atoms with van der Waals surface area (Å²) in [7, 11) is 6.15. The first-order chi connectivity index (χ1) is 11.5. The Kier molecular flexibility index (Phi) is 5.36. The molecule has 1 unspecified atom stereocenters. The number of thiophene rings is 1. The van der Waals surface area contributed by atoms with Crippen molar-refractivity contribution in [1.82, 2.24) is 14.9 Å². The van der Waals surface area contributed by atoms with E-state index in [4.69, 9.17) is 0 Å². The highest BCUT2D eigenvalue weighted by atomic mass is 32.1. The second-order valence-corrected chi connectivity index (χ2v) is 8.14. The van der Waals surface area contributed by atoms with Gasteiger partial charge in [-0.1, -0.05) is 0 Å². The lowest BCUT2D eigenvalue weighted by Gasteiger charge is -2.37. The molecule has 0 aromatic carbocycles. The molecule has 130 valence electrons. The maximum Gasteiger partial charge on any atom is 0.227 e. The molecule has 1 saturated heterocycles. The monoisotopic (exact) mass is 345 g/mol. The van der Waals surface area contributed by atoms with Crippen molar-refractivity contribution in [2.24, 2.45) is 0 Å². The normalized spacial score (nSPS) is 18.6. The van der Waals surface area contributed by atoms with Gasteiger partial charge in [0.25, 0.3) is 0 Å². The van der Waals surface area contributed by atoms with Gasteiger partial charge in [-0.3, -0.25) is 4.90 Å². The van der Waals surface area contributed by atoms with Gasteiger partial charge in [0.15, 0.2) is 0 Å².